The first-order valence-corrected chi connectivity index (χ1v) is 10.8. The molecule has 2 nitrogen and oxygen atoms in total. The summed E-state index contributed by atoms with van der Waals surface area (Å²) in [5.41, 5.74) is 12.4. The minimum absolute atomic E-state index is 0.597. The van der Waals surface area contributed by atoms with Gasteiger partial charge < -0.3 is 11.5 Å². The van der Waals surface area contributed by atoms with Crippen LogP contribution in [0, 0.1) is 0 Å². The number of rotatable bonds is 2. The fourth-order valence-electron chi connectivity index (χ4n) is 1.26. The van der Waals surface area contributed by atoms with Crippen molar-refractivity contribution in [3.05, 3.63) is 60.7 Å². The summed E-state index contributed by atoms with van der Waals surface area (Å²) in [5, 5.41) is 0. The minimum Gasteiger partial charge on any atom is -0.0622 e. The van der Waals surface area contributed by atoms with Crippen LogP contribution < -0.4 is 11.5 Å². The van der Waals surface area contributed by atoms with Gasteiger partial charge in [-0.25, -0.2) is 0 Å². The Kier molecular flexibility index (Phi) is 11.8. The predicted molar refractivity (Wildman–Crippen MR) is 89.4 cm³/mol. The summed E-state index contributed by atoms with van der Waals surface area (Å²) in [6.45, 7) is 1.19. The van der Waals surface area contributed by atoms with Gasteiger partial charge in [0.2, 0.25) is 0 Å². The van der Waals surface area contributed by atoms with Crippen molar-refractivity contribution in [1.29, 1.82) is 0 Å². The Morgan fingerprint density at radius 1 is 0.640 bits per heavy atom. The normalized spacial score (nSPS) is 12.6. The van der Waals surface area contributed by atoms with E-state index in [1.54, 1.807) is 0 Å². The van der Waals surface area contributed by atoms with Crippen molar-refractivity contribution in [3.63, 3.8) is 0 Å². The zero-order chi connectivity index (χ0) is 20.0. The molecule has 0 heterocycles. The van der Waals surface area contributed by atoms with Crippen LogP contribution in [0.15, 0.2) is 60.7 Å². The van der Waals surface area contributed by atoms with Gasteiger partial charge in [-0.3, -0.25) is 0 Å². The predicted octanol–water partition coefficient (Wildman–Crippen LogP) is 6.33. The van der Waals surface area contributed by atoms with Crippen molar-refractivity contribution in [2.45, 2.75) is 0 Å². The molecule has 0 saturated heterocycles. The molecule has 0 atom stereocenters. The molecule has 11 heteroatoms. The molecule has 0 radical (unpaired) electrons. The first-order valence-electron chi connectivity index (χ1n) is 6.54. The molecule has 2 rings (SSSR count). The van der Waals surface area contributed by atoms with Gasteiger partial charge in [0.05, 0.1) is 0 Å². The Morgan fingerprint density at radius 2 is 0.840 bits per heavy atom. The van der Waals surface area contributed by atoms with E-state index in [1.165, 1.54) is 11.1 Å². The van der Waals surface area contributed by atoms with Crippen LogP contribution in [-0.2, 0) is 17.3 Å². The Balaban J connectivity index is 0. The van der Waals surface area contributed by atoms with E-state index in [0.29, 0.717) is 13.1 Å². The Morgan fingerprint density at radius 3 is 1.00 bits per heavy atom. The molecule has 2 aromatic rings. The molecular formula is C14H18ClF6N2PRu. The van der Waals surface area contributed by atoms with Crippen molar-refractivity contribution >= 4 is 17.5 Å². The number of halogens is 7. The van der Waals surface area contributed by atoms with Crippen molar-refractivity contribution in [1.82, 2.24) is 0 Å². The monoisotopic (exact) mass is 496 g/mol. The molecular weight excluding hydrogens is 478 g/mol. The van der Waals surface area contributed by atoms with Gasteiger partial charge in [-0.1, -0.05) is 60.7 Å². The van der Waals surface area contributed by atoms with Crippen molar-refractivity contribution in [2.24, 2.45) is 11.5 Å². The van der Waals surface area contributed by atoms with Crippen LogP contribution in [0.5, 0.6) is 0 Å². The van der Waals surface area contributed by atoms with Gasteiger partial charge >= 0.3 is 60.0 Å². The molecule has 0 aliphatic heterocycles. The summed E-state index contributed by atoms with van der Waals surface area (Å²) in [6.07, 6.45) is 0. The molecule has 4 N–H and O–H groups in total. The number of nitrogens with two attached hydrogens (primary N) is 2. The topological polar surface area (TPSA) is 52.0 Å². The minimum atomic E-state index is -10.7. The third-order valence-electron chi connectivity index (χ3n) is 2.05. The van der Waals surface area contributed by atoms with Crippen LogP contribution in [0.4, 0.5) is 25.2 Å². The van der Waals surface area contributed by atoms with E-state index in [-0.39, 0.29) is 0 Å². The average Bonchev–Trinajstić information content (AvgIpc) is 2.56. The average molecular weight is 496 g/mol. The zero-order valence-corrected chi connectivity index (χ0v) is 16.2. The smallest absolute Gasteiger partial charge is 0.0184 e. The van der Waals surface area contributed by atoms with E-state index in [1.807, 2.05) is 29.4 Å². The third kappa shape index (κ3) is 25.6. The summed E-state index contributed by atoms with van der Waals surface area (Å²) < 4.78 is 59.2. The first-order chi connectivity index (χ1) is 11.3. The number of benzene rings is 2. The molecule has 0 unspecified atom stereocenters. The fourth-order valence-corrected chi connectivity index (χ4v) is 1.26. The molecule has 0 aliphatic carbocycles. The van der Waals surface area contributed by atoms with E-state index in [2.05, 4.69) is 58.2 Å². The van der Waals surface area contributed by atoms with Gasteiger partial charge in [0.15, 0.2) is 0 Å². The maximum atomic E-state index is 9.87. The molecule has 0 bridgehead atoms. The molecule has 146 valence electrons. The molecule has 0 aliphatic rings. The standard InChI is InChI=1S/C12H10.C2H8N2.ClH.F6P.Ru/c1-3-7-11(8-4-1)12-9-5-2-6-10-12;3-1-2-4;;1-7(2,3,4,5)6;/h1-10H;1-4H2;1H;;/q;;;-1;+2/p-1. The Hall–Kier alpha value is -0.717. The van der Waals surface area contributed by atoms with Gasteiger partial charge in [0, 0.05) is 13.1 Å². The Labute approximate surface area is 156 Å². The second kappa shape index (κ2) is 11.1. The second-order valence-electron chi connectivity index (χ2n) is 4.27. The first kappa shape index (κ1) is 26.5. The summed E-state index contributed by atoms with van der Waals surface area (Å²) in [6, 6.07) is 20.8. The van der Waals surface area contributed by atoms with Crippen LogP contribution in [0.1, 0.15) is 0 Å². The maximum absolute atomic E-state index is 10.7. The van der Waals surface area contributed by atoms with Gasteiger partial charge in [0.25, 0.3) is 0 Å². The third-order valence-corrected chi connectivity index (χ3v) is 2.05. The van der Waals surface area contributed by atoms with E-state index in [4.69, 9.17) is 11.5 Å². The van der Waals surface area contributed by atoms with E-state index in [0.717, 1.165) is 0 Å². The zero-order valence-electron chi connectivity index (χ0n) is 12.8. The van der Waals surface area contributed by atoms with Gasteiger partial charge in [-0.15, -0.1) is 0 Å². The van der Waals surface area contributed by atoms with Crippen LogP contribution in [-0.4, -0.2) is 13.1 Å². The van der Waals surface area contributed by atoms with Gasteiger partial charge in [-0.05, 0) is 11.1 Å². The maximum Gasteiger partial charge on any atom is -0.0184 e. The van der Waals surface area contributed by atoms with Crippen LogP contribution in [0.25, 0.3) is 11.1 Å². The van der Waals surface area contributed by atoms with Crippen LogP contribution >= 0.6 is 17.5 Å². The number of hydrogen-bond acceptors (Lipinski definition) is 2. The SMILES string of the molecule is F[P-](F)(F)(F)(F)F.NCCN.[Cl][Ru+].c1ccc(-c2ccccc2)cc1. The van der Waals surface area contributed by atoms with Gasteiger partial charge in [0.1, 0.15) is 0 Å². The van der Waals surface area contributed by atoms with Crippen molar-refractivity contribution in [2.75, 3.05) is 13.1 Å². The van der Waals surface area contributed by atoms with E-state index in [9.17, 15) is 25.2 Å². The molecule has 0 saturated carbocycles. The van der Waals surface area contributed by atoms with Gasteiger partial charge in [-0.2, -0.15) is 0 Å². The molecule has 0 spiro atoms. The van der Waals surface area contributed by atoms with E-state index >= 15 is 0 Å². The fraction of sp³-hybridized carbons (Fsp3) is 0.143. The molecule has 25 heavy (non-hydrogen) atoms. The van der Waals surface area contributed by atoms with Crippen LogP contribution in [0.2, 0.25) is 0 Å². The van der Waals surface area contributed by atoms with E-state index < -0.39 is 7.81 Å². The quantitative estimate of drug-likeness (QED) is 0.291. The van der Waals surface area contributed by atoms with Crippen LogP contribution in [0.3, 0.4) is 0 Å². The molecule has 0 aromatic heterocycles. The largest absolute Gasteiger partial charge is 0.0622 e. The van der Waals surface area contributed by atoms with Crippen molar-refractivity contribution < 1.29 is 42.5 Å². The summed E-state index contributed by atoms with van der Waals surface area (Å²) in [4.78, 5) is 0. The molecule has 0 fully saturated rings. The second-order valence-corrected chi connectivity index (χ2v) is 6.18. The summed E-state index contributed by atoms with van der Waals surface area (Å²) >= 11 is 1.82. The molecule has 2 aromatic carbocycles. The Bertz CT molecular complexity index is 519. The molecule has 0 amide bonds. The summed E-state index contributed by atoms with van der Waals surface area (Å²) in [7, 11) is -6.09. The number of hydrogen-bond donors (Lipinski definition) is 2. The van der Waals surface area contributed by atoms with Crippen molar-refractivity contribution in [3.8, 4) is 11.1 Å². The summed E-state index contributed by atoms with van der Waals surface area (Å²) in [5.74, 6) is 0.